The number of rotatable bonds is 7. The molecule has 1 aromatic rings. The second-order valence-corrected chi connectivity index (χ2v) is 6.43. The van der Waals surface area contributed by atoms with Crippen molar-refractivity contribution in [1.82, 2.24) is 4.90 Å². The molecule has 0 aromatic heterocycles. The molecule has 0 heterocycles. The summed E-state index contributed by atoms with van der Waals surface area (Å²) in [6, 6.07) is 9.61. The number of hydrogen-bond donors (Lipinski definition) is 1. The van der Waals surface area contributed by atoms with Crippen molar-refractivity contribution < 1.29 is 0 Å². The minimum Gasteiger partial charge on any atom is -0.323 e. The molecular formula is C17H28N2. The van der Waals surface area contributed by atoms with Crippen LogP contribution in [0, 0.1) is 12.8 Å². The highest BCUT2D eigenvalue weighted by Crippen LogP contribution is 2.29. The first-order valence-corrected chi connectivity index (χ1v) is 7.62. The normalized spacial score (nSPS) is 17.2. The van der Waals surface area contributed by atoms with Gasteiger partial charge in [0.1, 0.15) is 0 Å². The average Bonchev–Trinajstić information content (AvgIpc) is 3.19. The van der Waals surface area contributed by atoms with E-state index < -0.39 is 0 Å². The van der Waals surface area contributed by atoms with Crippen LogP contribution in [0.1, 0.15) is 50.3 Å². The Hall–Kier alpha value is -0.860. The van der Waals surface area contributed by atoms with Gasteiger partial charge < -0.3 is 5.73 Å². The van der Waals surface area contributed by atoms with E-state index in [0.717, 1.165) is 18.5 Å². The van der Waals surface area contributed by atoms with E-state index in [-0.39, 0.29) is 6.04 Å². The Morgan fingerprint density at radius 1 is 1.21 bits per heavy atom. The van der Waals surface area contributed by atoms with Gasteiger partial charge in [0, 0.05) is 18.6 Å². The van der Waals surface area contributed by atoms with Crippen molar-refractivity contribution >= 4 is 0 Å². The summed E-state index contributed by atoms with van der Waals surface area (Å²) in [6.45, 7) is 8.91. The van der Waals surface area contributed by atoms with E-state index in [2.05, 4.69) is 49.9 Å². The first kappa shape index (κ1) is 14.5. The first-order chi connectivity index (χ1) is 9.06. The molecule has 0 saturated heterocycles. The Balaban J connectivity index is 1.90. The third-order valence-corrected chi connectivity index (χ3v) is 3.99. The minimum atomic E-state index is 0.147. The van der Waals surface area contributed by atoms with Gasteiger partial charge in [-0.15, -0.1) is 0 Å². The van der Waals surface area contributed by atoms with E-state index in [9.17, 15) is 0 Å². The molecule has 2 rings (SSSR count). The second-order valence-electron chi connectivity index (χ2n) is 6.43. The van der Waals surface area contributed by atoms with Gasteiger partial charge in [-0.05, 0) is 44.2 Å². The van der Waals surface area contributed by atoms with Gasteiger partial charge >= 0.3 is 0 Å². The van der Waals surface area contributed by atoms with Crippen LogP contribution < -0.4 is 5.73 Å². The highest BCUT2D eigenvalue weighted by atomic mass is 15.2. The smallest absolute Gasteiger partial charge is 0.0424 e. The van der Waals surface area contributed by atoms with Crippen LogP contribution in [-0.2, 0) is 0 Å². The molecule has 1 aromatic carbocycles. The van der Waals surface area contributed by atoms with Gasteiger partial charge in [0.2, 0.25) is 0 Å². The Morgan fingerprint density at radius 3 is 2.37 bits per heavy atom. The Bertz CT molecular complexity index is 379. The summed E-state index contributed by atoms with van der Waals surface area (Å²) in [6.07, 6.45) is 3.99. The molecule has 1 unspecified atom stereocenters. The molecule has 2 heteroatoms. The van der Waals surface area contributed by atoms with Crippen LogP contribution >= 0.6 is 0 Å². The highest BCUT2D eigenvalue weighted by molar-refractivity contribution is 5.24. The summed E-state index contributed by atoms with van der Waals surface area (Å²) in [4.78, 5) is 2.60. The molecule has 1 fully saturated rings. The fourth-order valence-corrected chi connectivity index (χ4v) is 2.46. The topological polar surface area (TPSA) is 29.3 Å². The van der Waals surface area contributed by atoms with E-state index >= 15 is 0 Å². The van der Waals surface area contributed by atoms with Crippen LogP contribution in [0.15, 0.2) is 24.3 Å². The Kier molecular flexibility index (Phi) is 5.00. The monoisotopic (exact) mass is 260 g/mol. The van der Waals surface area contributed by atoms with E-state index in [4.69, 9.17) is 5.73 Å². The van der Waals surface area contributed by atoms with Crippen LogP contribution in [-0.4, -0.2) is 24.0 Å². The molecule has 0 spiro atoms. The molecule has 1 saturated carbocycles. The SMILES string of the molecule is Cc1ccc(C(N)CN(CCC(C)C)C2CC2)cc1. The maximum absolute atomic E-state index is 6.38. The highest BCUT2D eigenvalue weighted by Gasteiger charge is 2.29. The lowest BCUT2D eigenvalue weighted by molar-refractivity contribution is 0.233. The lowest BCUT2D eigenvalue weighted by Gasteiger charge is -2.26. The van der Waals surface area contributed by atoms with Crippen LogP contribution in [0.5, 0.6) is 0 Å². The Morgan fingerprint density at radius 2 is 1.84 bits per heavy atom. The lowest BCUT2D eigenvalue weighted by Crippen LogP contribution is -2.35. The van der Waals surface area contributed by atoms with Crippen molar-refractivity contribution in [1.29, 1.82) is 0 Å². The predicted octanol–water partition coefficient (Wildman–Crippen LogP) is 3.51. The van der Waals surface area contributed by atoms with E-state index in [0.29, 0.717) is 0 Å². The van der Waals surface area contributed by atoms with Crippen molar-refractivity contribution in [2.75, 3.05) is 13.1 Å². The van der Waals surface area contributed by atoms with Crippen molar-refractivity contribution in [2.45, 2.75) is 52.1 Å². The number of hydrogen-bond acceptors (Lipinski definition) is 2. The standard InChI is InChI=1S/C17H28N2/c1-13(2)10-11-19(16-8-9-16)12-17(18)15-6-4-14(3)5-7-15/h4-7,13,16-17H,8-12,18H2,1-3H3. The zero-order chi connectivity index (χ0) is 13.8. The summed E-state index contributed by atoms with van der Waals surface area (Å²) in [5.74, 6) is 0.775. The maximum Gasteiger partial charge on any atom is 0.0424 e. The van der Waals surface area contributed by atoms with Crippen molar-refractivity contribution in [3.05, 3.63) is 35.4 Å². The van der Waals surface area contributed by atoms with Gasteiger partial charge in [0.25, 0.3) is 0 Å². The number of nitrogens with zero attached hydrogens (tertiary/aromatic N) is 1. The summed E-state index contributed by atoms with van der Waals surface area (Å²) < 4.78 is 0. The molecule has 0 aliphatic heterocycles. The molecule has 0 radical (unpaired) electrons. The quantitative estimate of drug-likeness (QED) is 0.813. The van der Waals surface area contributed by atoms with E-state index in [1.165, 1.54) is 36.9 Å². The third kappa shape index (κ3) is 4.63. The van der Waals surface area contributed by atoms with Crippen molar-refractivity contribution in [3.8, 4) is 0 Å². The first-order valence-electron chi connectivity index (χ1n) is 7.62. The number of benzene rings is 1. The summed E-state index contributed by atoms with van der Waals surface area (Å²) in [5.41, 5.74) is 8.94. The molecule has 1 aliphatic rings. The van der Waals surface area contributed by atoms with Crippen molar-refractivity contribution in [3.63, 3.8) is 0 Å². The molecule has 2 nitrogen and oxygen atoms in total. The van der Waals surface area contributed by atoms with Gasteiger partial charge in [0.15, 0.2) is 0 Å². The zero-order valence-electron chi connectivity index (χ0n) is 12.6. The van der Waals surface area contributed by atoms with Gasteiger partial charge in [-0.1, -0.05) is 43.7 Å². The molecule has 106 valence electrons. The fourth-order valence-electron chi connectivity index (χ4n) is 2.46. The van der Waals surface area contributed by atoms with Gasteiger partial charge in [-0.3, -0.25) is 4.90 Å². The van der Waals surface area contributed by atoms with Crippen LogP contribution in [0.25, 0.3) is 0 Å². The van der Waals surface area contributed by atoms with Crippen LogP contribution in [0.2, 0.25) is 0 Å². The number of aryl methyl sites for hydroxylation is 1. The largest absolute Gasteiger partial charge is 0.323 e. The molecule has 1 atom stereocenters. The van der Waals surface area contributed by atoms with E-state index in [1.807, 2.05) is 0 Å². The molecule has 0 amide bonds. The van der Waals surface area contributed by atoms with Gasteiger partial charge in [-0.25, -0.2) is 0 Å². The van der Waals surface area contributed by atoms with Crippen LogP contribution in [0.3, 0.4) is 0 Å². The van der Waals surface area contributed by atoms with Gasteiger partial charge in [0.05, 0.1) is 0 Å². The minimum absolute atomic E-state index is 0.147. The predicted molar refractivity (Wildman–Crippen MR) is 82.2 cm³/mol. The average molecular weight is 260 g/mol. The fraction of sp³-hybridized carbons (Fsp3) is 0.647. The summed E-state index contributed by atoms with van der Waals surface area (Å²) in [7, 11) is 0. The molecule has 1 aliphatic carbocycles. The molecular weight excluding hydrogens is 232 g/mol. The van der Waals surface area contributed by atoms with Crippen LogP contribution in [0.4, 0.5) is 0 Å². The maximum atomic E-state index is 6.38. The van der Waals surface area contributed by atoms with Gasteiger partial charge in [-0.2, -0.15) is 0 Å². The summed E-state index contributed by atoms with van der Waals surface area (Å²) >= 11 is 0. The molecule has 19 heavy (non-hydrogen) atoms. The molecule has 2 N–H and O–H groups in total. The van der Waals surface area contributed by atoms with Crippen molar-refractivity contribution in [2.24, 2.45) is 11.7 Å². The number of nitrogens with two attached hydrogens (primary N) is 1. The summed E-state index contributed by atoms with van der Waals surface area (Å²) in [5, 5.41) is 0. The molecule has 0 bridgehead atoms. The third-order valence-electron chi connectivity index (χ3n) is 3.99. The second kappa shape index (κ2) is 6.53. The lowest BCUT2D eigenvalue weighted by atomic mass is 10.0. The van der Waals surface area contributed by atoms with E-state index in [1.54, 1.807) is 0 Å². The Labute approximate surface area is 118 Å². The zero-order valence-corrected chi connectivity index (χ0v) is 12.6.